The minimum absolute atomic E-state index is 0. The van der Waals surface area contributed by atoms with E-state index < -0.39 is 0 Å². The van der Waals surface area contributed by atoms with Gasteiger partial charge in [-0.3, -0.25) is 9.79 Å². The number of hydrogen-bond donors (Lipinski definition) is 2. The summed E-state index contributed by atoms with van der Waals surface area (Å²) in [6.45, 7) is 8.90. The summed E-state index contributed by atoms with van der Waals surface area (Å²) in [7, 11) is 3.57. The molecule has 5 nitrogen and oxygen atoms in total. The van der Waals surface area contributed by atoms with Gasteiger partial charge < -0.3 is 15.5 Å². The van der Waals surface area contributed by atoms with Gasteiger partial charge >= 0.3 is 0 Å². The van der Waals surface area contributed by atoms with Crippen LogP contribution in [0, 0.1) is 6.92 Å². The van der Waals surface area contributed by atoms with Crippen LogP contribution < -0.4 is 10.6 Å². The quantitative estimate of drug-likeness (QED) is 0.371. The Morgan fingerprint density at radius 1 is 1.33 bits per heavy atom. The van der Waals surface area contributed by atoms with E-state index in [1.54, 1.807) is 7.05 Å². The number of carbonyl (C=O) groups excluding carboxylic acids is 1. The van der Waals surface area contributed by atoms with E-state index in [1.807, 2.05) is 38.8 Å². The van der Waals surface area contributed by atoms with Gasteiger partial charge in [0.25, 0.3) is 0 Å². The fourth-order valence-electron chi connectivity index (χ4n) is 2.16. The zero-order valence-electron chi connectivity index (χ0n) is 15.2. The first-order valence-corrected chi connectivity index (χ1v) is 8.39. The Morgan fingerprint density at radius 3 is 2.46 bits per heavy atom. The fraction of sp³-hybridized carbons (Fsp3) is 0.529. The van der Waals surface area contributed by atoms with E-state index >= 15 is 0 Å². The lowest BCUT2D eigenvalue weighted by Gasteiger charge is -2.25. The first-order valence-electron chi connectivity index (χ1n) is 7.60. The molecule has 1 amide bonds. The van der Waals surface area contributed by atoms with E-state index in [4.69, 9.17) is 0 Å². The standard InChI is InChI=1S/C17H27BrN4O.HI/c1-12-9-14(18)8-7-13(12)10-20-16(19-5)22(6)11-15(23)21-17(2,3)4;/h7-9H,10-11H2,1-6H3,(H,19,20)(H,21,23);1H. The topological polar surface area (TPSA) is 56.7 Å². The Hall–Kier alpha value is -0.830. The lowest BCUT2D eigenvalue weighted by atomic mass is 10.1. The summed E-state index contributed by atoms with van der Waals surface area (Å²) in [4.78, 5) is 18.1. The molecule has 0 heterocycles. The van der Waals surface area contributed by atoms with Gasteiger partial charge in [-0.2, -0.15) is 0 Å². The van der Waals surface area contributed by atoms with Gasteiger partial charge in [0.15, 0.2) is 5.96 Å². The minimum atomic E-state index is -0.233. The molecule has 0 aromatic heterocycles. The smallest absolute Gasteiger partial charge is 0.240 e. The number of aliphatic imine (C=N–C) groups is 1. The average Bonchev–Trinajstić information content (AvgIpc) is 2.39. The summed E-state index contributed by atoms with van der Waals surface area (Å²) in [6, 6.07) is 6.18. The van der Waals surface area contributed by atoms with Crippen molar-refractivity contribution >= 4 is 51.8 Å². The molecule has 0 radical (unpaired) electrons. The number of rotatable bonds is 4. The molecule has 0 saturated heterocycles. The predicted molar refractivity (Wildman–Crippen MR) is 115 cm³/mol. The van der Waals surface area contributed by atoms with Crippen LogP contribution in [0.3, 0.4) is 0 Å². The molecule has 1 aromatic carbocycles. The van der Waals surface area contributed by atoms with Crippen molar-refractivity contribution in [2.75, 3.05) is 20.6 Å². The van der Waals surface area contributed by atoms with Crippen LogP contribution in [0.15, 0.2) is 27.7 Å². The molecule has 0 aliphatic carbocycles. The van der Waals surface area contributed by atoms with Crippen LogP contribution in [-0.4, -0.2) is 42.9 Å². The van der Waals surface area contributed by atoms with Crippen molar-refractivity contribution < 1.29 is 4.79 Å². The van der Waals surface area contributed by atoms with Gasteiger partial charge in [-0.15, -0.1) is 24.0 Å². The number of nitrogens with zero attached hydrogens (tertiary/aromatic N) is 2. The Balaban J connectivity index is 0.00000529. The number of nitrogens with one attached hydrogen (secondary N) is 2. The molecule has 1 aromatic rings. The van der Waals surface area contributed by atoms with Gasteiger partial charge in [-0.25, -0.2) is 0 Å². The van der Waals surface area contributed by atoms with Gasteiger partial charge in [-0.05, 0) is 51.0 Å². The lowest BCUT2D eigenvalue weighted by Crippen LogP contribution is -2.48. The molecule has 0 fully saturated rings. The summed E-state index contributed by atoms with van der Waals surface area (Å²) in [6.07, 6.45) is 0. The number of benzene rings is 1. The zero-order chi connectivity index (χ0) is 17.6. The van der Waals surface area contributed by atoms with Crippen molar-refractivity contribution in [3.8, 4) is 0 Å². The number of aryl methyl sites for hydroxylation is 1. The van der Waals surface area contributed by atoms with Gasteiger partial charge in [0.1, 0.15) is 0 Å². The highest BCUT2D eigenvalue weighted by molar-refractivity contribution is 14.0. The van der Waals surface area contributed by atoms with Gasteiger partial charge in [0.2, 0.25) is 5.91 Å². The third-order valence-corrected chi connectivity index (χ3v) is 3.70. The maximum absolute atomic E-state index is 12.0. The first kappa shape index (κ1) is 23.2. The van der Waals surface area contributed by atoms with Crippen molar-refractivity contribution in [1.82, 2.24) is 15.5 Å². The molecule has 0 atom stereocenters. The molecule has 0 aliphatic heterocycles. The molecule has 1 rings (SSSR count). The Morgan fingerprint density at radius 2 is 1.96 bits per heavy atom. The van der Waals surface area contributed by atoms with Crippen LogP contribution in [0.2, 0.25) is 0 Å². The highest BCUT2D eigenvalue weighted by atomic mass is 127. The molecule has 0 saturated carbocycles. The molecule has 0 bridgehead atoms. The number of likely N-dealkylation sites (N-methyl/N-ethyl adjacent to an activating group) is 1. The molecule has 7 heteroatoms. The van der Waals surface area contributed by atoms with Crippen molar-refractivity contribution in [2.24, 2.45) is 4.99 Å². The highest BCUT2D eigenvalue weighted by Crippen LogP contribution is 2.15. The van der Waals surface area contributed by atoms with E-state index in [9.17, 15) is 4.79 Å². The molecule has 24 heavy (non-hydrogen) atoms. The normalized spacial score (nSPS) is 11.5. The first-order chi connectivity index (χ1) is 10.6. The third-order valence-electron chi connectivity index (χ3n) is 3.21. The number of carbonyl (C=O) groups is 1. The van der Waals surface area contributed by atoms with Crippen LogP contribution in [0.4, 0.5) is 0 Å². The van der Waals surface area contributed by atoms with E-state index in [1.165, 1.54) is 11.1 Å². The molecule has 0 spiro atoms. The predicted octanol–water partition coefficient (Wildman–Crippen LogP) is 3.30. The molecule has 0 unspecified atom stereocenters. The van der Waals surface area contributed by atoms with Crippen LogP contribution in [0.1, 0.15) is 31.9 Å². The van der Waals surface area contributed by atoms with E-state index in [0.717, 1.165) is 4.47 Å². The largest absolute Gasteiger partial charge is 0.352 e. The molecule has 0 aliphatic rings. The van der Waals surface area contributed by atoms with Crippen LogP contribution in [-0.2, 0) is 11.3 Å². The Kier molecular flexibility index (Phi) is 9.87. The fourth-order valence-corrected chi connectivity index (χ4v) is 2.64. The van der Waals surface area contributed by atoms with E-state index in [0.29, 0.717) is 12.5 Å². The van der Waals surface area contributed by atoms with Gasteiger partial charge in [0.05, 0.1) is 6.54 Å². The van der Waals surface area contributed by atoms with E-state index in [2.05, 4.69) is 50.6 Å². The van der Waals surface area contributed by atoms with Crippen LogP contribution in [0.25, 0.3) is 0 Å². The maximum atomic E-state index is 12.0. The second-order valence-electron chi connectivity index (χ2n) is 6.63. The van der Waals surface area contributed by atoms with Crippen molar-refractivity contribution in [3.63, 3.8) is 0 Å². The third kappa shape index (κ3) is 8.32. The molecule has 2 N–H and O–H groups in total. The summed E-state index contributed by atoms with van der Waals surface area (Å²) in [5.41, 5.74) is 2.17. The summed E-state index contributed by atoms with van der Waals surface area (Å²) in [5, 5.41) is 6.24. The second-order valence-corrected chi connectivity index (χ2v) is 7.54. The molecular weight excluding hydrogens is 483 g/mol. The number of amides is 1. The van der Waals surface area contributed by atoms with Crippen molar-refractivity contribution in [3.05, 3.63) is 33.8 Å². The van der Waals surface area contributed by atoms with Gasteiger partial charge in [0, 0.05) is 30.7 Å². The number of hydrogen-bond acceptors (Lipinski definition) is 2. The Labute approximate surface area is 170 Å². The summed E-state index contributed by atoms with van der Waals surface area (Å²) >= 11 is 3.47. The Bertz CT molecular complexity index is 584. The zero-order valence-corrected chi connectivity index (χ0v) is 19.2. The summed E-state index contributed by atoms with van der Waals surface area (Å²) in [5.74, 6) is 0.666. The molecular formula is C17H28BrIN4O. The second kappa shape index (κ2) is 10.2. The summed E-state index contributed by atoms with van der Waals surface area (Å²) < 4.78 is 1.07. The van der Waals surface area contributed by atoms with Gasteiger partial charge in [-0.1, -0.05) is 22.0 Å². The lowest BCUT2D eigenvalue weighted by molar-refractivity contribution is -0.122. The van der Waals surface area contributed by atoms with Crippen molar-refractivity contribution in [1.29, 1.82) is 0 Å². The average molecular weight is 511 g/mol. The minimum Gasteiger partial charge on any atom is -0.352 e. The van der Waals surface area contributed by atoms with Crippen LogP contribution >= 0.6 is 39.9 Å². The number of halogens is 2. The van der Waals surface area contributed by atoms with Crippen LogP contribution in [0.5, 0.6) is 0 Å². The maximum Gasteiger partial charge on any atom is 0.240 e. The number of guanidine groups is 1. The monoisotopic (exact) mass is 510 g/mol. The van der Waals surface area contributed by atoms with E-state index in [-0.39, 0.29) is 42.0 Å². The highest BCUT2D eigenvalue weighted by Gasteiger charge is 2.16. The molecule has 136 valence electrons. The SMILES string of the molecule is CN=C(NCc1ccc(Br)cc1C)N(C)CC(=O)NC(C)(C)C.I. The van der Waals surface area contributed by atoms with Crippen molar-refractivity contribution in [2.45, 2.75) is 39.8 Å².